The first-order chi connectivity index (χ1) is 11.8. The number of quaternary nitrogens is 1. The molecule has 1 fully saturated rings. The number of halogens is 3. The standard InChI is InChI=1S/C8H5F3N5O2S.C4H9NO/c9-8(10,11)19(17,18)13-7-12-14-15-16(7)6-4-2-1-3-5-6;1-3-6-4-2-5-1/h1-5H;5H,1-4H2/q-1;/p+1. The number of tetrazole rings is 1. The second kappa shape index (κ2) is 8.22. The molecule has 2 heterocycles. The number of alkyl halides is 3. The third kappa shape index (κ3) is 5.37. The van der Waals surface area contributed by atoms with Gasteiger partial charge in [0.1, 0.15) is 0 Å². The van der Waals surface area contributed by atoms with E-state index in [1.807, 2.05) is 0 Å². The van der Waals surface area contributed by atoms with Crippen LogP contribution in [0.4, 0.5) is 19.1 Å². The summed E-state index contributed by atoms with van der Waals surface area (Å²) in [5.74, 6) is -0.775. The largest absolute Gasteiger partial charge is 0.505 e. The maximum atomic E-state index is 12.2. The average molecular weight is 380 g/mol. The van der Waals surface area contributed by atoms with Gasteiger partial charge in [-0.05, 0) is 0 Å². The monoisotopic (exact) mass is 380 g/mol. The van der Waals surface area contributed by atoms with E-state index >= 15 is 0 Å². The molecule has 0 spiro atoms. The highest BCUT2D eigenvalue weighted by atomic mass is 32.2. The highest BCUT2D eigenvalue weighted by Crippen LogP contribution is 2.33. The van der Waals surface area contributed by atoms with Crippen molar-refractivity contribution in [2.75, 3.05) is 26.3 Å². The Morgan fingerprint density at radius 1 is 1.16 bits per heavy atom. The van der Waals surface area contributed by atoms with Crippen molar-refractivity contribution in [2.45, 2.75) is 5.51 Å². The lowest BCUT2D eigenvalue weighted by Crippen LogP contribution is -2.87. The SMILES string of the molecule is C1COCC[NH2+]1.O=S(=O)([N-]c1nnnn1-c1ccccc1)C(F)(F)F. The van der Waals surface area contributed by atoms with Crippen molar-refractivity contribution in [2.24, 2.45) is 0 Å². The van der Waals surface area contributed by atoms with Crippen LogP contribution < -0.4 is 5.32 Å². The third-order valence-corrected chi connectivity index (χ3v) is 3.87. The molecule has 1 aliphatic rings. The molecule has 0 unspecified atom stereocenters. The van der Waals surface area contributed by atoms with Gasteiger partial charge >= 0.3 is 5.51 Å². The summed E-state index contributed by atoms with van der Waals surface area (Å²) in [5, 5.41) is 11.9. The minimum absolute atomic E-state index is 0.281. The minimum atomic E-state index is -5.69. The van der Waals surface area contributed by atoms with Crippen LogP contribution in [0.5, 0.6) is 0 Å². The molecule has 1 aromatic carbocycles. The van der Waals surface area contributed by atoms with Gasteiger partial charge in [-0.1, -0.05) is 30.3 Å². The maximum Gasteiger partial charge on any atom is 0.505 e. The van der Waals surface area contributed by atoms with Crippen molar-refractivity contribution in [1.82, 2.24) is 20.2 Å². The number of ether oxygens (including phenoxy) is 1. The van der Waals surface area contributed by atoms with E-state index in [1.165, 1.54) is 12.1 Å². The Balaban J connectivity index is 0.000000316. The molecule has 2 N–H and O–H groups in total. The molecule has 0 aliphatic carbocycles. The number of para-hydroxylation sites is 1. The van der Waals surface area contributed by atoms with Crippen LogP contribution >= 0.6 is 0 Å². The summed E-state index contributed by atoms with van der Waals surface area (Å²) in [6.07, 6.45) is 0. The summed E-state index contributed by atoms with van der Waals surface area (Å²) in [5.41, 5.74) is -5.22. The molecule has 1 aromatic heterocycles. The fraction of sp³-hybridized carbons (Fsp3) is 0.417. The molecule has 0 saturated carbocycles. The van der Waals surface area contributed by atoms with Gasteiger partial charge < -0.3 is 10.1 Å². The van der Waals surface area contributed by atoms with Crippen molar-refractivity contribution in [3.63, 3.8) is 0 Å². The summed E-state index contributed by atoms with van der Waals surface area (Å²) in [7, 11) is -5.69. The summed E-state index contributed by atoms with van der Waals surface area (Å²) in [6.45, 7) is 4.19. The predicted molar refractivity (Wildman–Crippen MR) is 79.6 cm³/mol. The fourth-order valence-corrected chi connectivity index (χ4v) is 2.15. The molecule has 138 valence electrons. The molecule has 0 bridgehead atoms. The van der Waals surface area contributed by atoms with E-state index in [4.69, 9.17) is 4.74 Å². The number of hydrogen-bond acceptors (Lipinski definition) is 6. The number of morpholine rings is 1. The summed E-state index contributed by atoms with van der Waals surface area (Å²) < 4.78 is 66.8. The van der Waals surface area contributed by atoms with Gasteiger partial charge in [0.25, 0.3) is 10.0 Å². The van der Waals surface area contributed by atoms with Crippen molar-refractivity contribution < 1.29 is 31.6 Å². The van der Waals surface area contributed by atoms with Crippen LogP contribution in [-0.2, 0) is 14.8 Å². The number of hydrogen-bond donors (Lipinski definition) is 1. The molecule has 3 rings (SSSR count). The lowest BCUT2D eigenvalue weighted by Gasteiger charge is -2.15. The van der Waals surface area contributed by atoms with Gasteiger partial charge in [-0.2, -0.15) is 13.2 Å². The summed E-state index contributed by atoms with van der Waals surface area (Å²) in [6, 6.07) is 7.79. The zero-order valence-electron chi connectivity index (χ0n) is 12.8. The molecule has 0 amide bonds. The van der Waals surface area contributed by atoms with E-state index in [0.717, 1.165) is 31.0 Å². The van der Waals surface area contributed by atoms with Gasteiger partial charge in [0.15, 0.2) is 0 Å². The highest BCUT2D eigenvalue weighted by molar-refractivity contribution is 7.95. The Morgan fingerprint density at radius 3 is 2.28 bits per heavy atom. The van der Waals surface area contributed by atoms with E-state index in [2.05, 4.69) is 25.6 Å². The molecule has 1 saturated heterocycles. The zero-order valence-corrected chi connectivity index (χ0v) is 13.6. The van der Waals surface area contributed by atoms with E-state index < -0.39 is 21.5 Å². The molecular weight excluding hydrogens is 365 g/mol. The van der Waals surface area contributed by atoms with E-state index in [1.54, 1.807) is 18.2 Å². The molecule has 0 atom stereocenters. The molecule has 13 heteroatoms. The molecule has 1 aliphatic heterocycles. The zero-order chi connectivity index (χ0) is 18.3. The van der Waals surface area contributed by atoms with Gasteiger partial charge in [0.05, 0.1) is 32.3 Å². The molecule has 9 nitrogen and oxygen atoms in total. The summed E-state index contributed by atoms with van der Waals surface area (Å²) in [4.78, 5) is 0. The van der Waals surface area contributed by atoms with Gasteiger partial charge in [0, 0.05) is 5.69 Å². The second-order valence-electron chi connectivity index (χ2n) is 4.72. The smallest absolute Gasteiger partial charge is 0.370 e. The molecule has 25 heavy (non-hydrogen) atoms. The van der Waals surface area contributed by atoms with Gasteiger partial charge in [0.2, 0.25) is 0 Å². The molecule has 2 aromatic rings. The Labute approximate surface area is 141 Å². The quantitative estimate of drug-likeness (QED) is 0.807. The molecular formula is C12H15F3N6O3S. The van der Waals surface area contributed by atoms with E-state index in [-0.39, 0.29) is 5.69 Å². The van der Waals surface area contributed by atoms with Crippen LogP contribution in [-0.4, -0.2) is 60.4 Å². The first-order valence-corrected chi connectivity index (χ1v) is 8.53. The van der Waals surface area contributed by atoms with Gasteiger partial charge in [-0.25, -0.2) is 8.42 Å². The number of nitrogens with zero attached hydrogens (tertiary/aromatic N) is 5. The maximum absolute atomic E-state index is 12.2. The van der Waals surface area contributed by atoms with Crippen LogP contribution in [0.25, 0.3) is 10.4 Å². The number of aromatic nitrogens is 4. The summed E-state index contributed by atoms with van der Waals surface area (Å²) >= 11 is 0. The normalized spacial score (nSPS) is 15.2. The van der Waals surface area contributed by atoms with Crippen LogP contribution in [0, 0.1) is 0 Å². The van der Waals surface area contributed by atoms with Crippen molar-refractivity contribution in [1.29, 1.82) is 0 Å². The number of rotatable bonds is 3. The van der Waals surface area contributed by atoms with Crippen LogP contribution in [0.3, 0.4) is 0 Å². The predicted octanol–water partition coefficient (Wildman–Crippen LogP) is 0.0971. The van der Waals surface area contributed by atoms with Crippen molar-refractivity contribution >= 4 is 16.0 Å². The number of nitrogens with two attached hydrogens (primary N) is 1. The van der Waals surface area contributed by atoms with Crippen LogP contribution in [0.2, 0.25) is 0 Å². The Kier molecular flexibility index (Phi) is 6.27. The Hall–Kier alpha value is -2.25. The lowest BCUT2D eigenvalue weighted by atomic mass is 10.3. The van der Waals surface area contributed by atoms with Crippen LogP contribution in [0.15, 0.2) is 30.3 Å². The average Bonchev–Trinajstić information content (AvgIpc) is 3.04. The number of benzene rings is 1. The first-order valence-electron chi connectivity index (χ1n) is 7.09. The van der Waals surface area contributed by atoms with Crippen molar-refractivity contribution in [3.05, 3.63) is 35.1 Å². The third-order valence-electron chi connectivity index (χ3n) is 2.88. The van der Waals surface area contributed by atoms with E-state index in [0.29, 0.717) is 0 Å². The van der Waals surface area contributed by atoms with Gasteiger partial charge in [-0.15, -0.1) is 10.4 Å². The lowest BCUT2D eigenvalue weighted by molar-refractivity contribution is -0.670. The van der Waals surface area contributed by atoms with Gasteiger partial charge in [-0.3, -0.25) is 14.5 Å². The highest BCUT2D eigenvalue weighted by Gasteiger charge is 2.44. The fourth-order valence-electron chi connectivity index (χ4n) is 1.71. The van der Waals surface area contributed by atoms with Crippen LogP contribution in [0.1, 0.15) is 0 Å². The molecule has 0 radical (unpaired) electrons. The first kappa shape index (κ1) is 19.1. The van der Waals surface area contributed by atoms with E-state index in [9.17, 15) is 21.6 Å². The Morgan fingerprint density at radius 2 is 1.80 bits per heavy atom. The minimum Gasteiger partial charge on any atom is -0.370 e. The topological polar surface area (TPSA) is 118 Å². The number of sulfonamides is 1. The Bertz CT molecular complexity index is 750. The van der Waals surface area contributed by atoms with Crippen molar-refractivity contribution in [3.8, 4) is 5.69 Å². The second-order valence-corrected chi connectivity index (χ2v) is 6.31.